The van der Waals surface area contributed by atoms with Gasteiger partial charge in [0.15, 0.2) is 0 Å². The van der Waals surface area contributed by atoms with Gasteiger partial charge in [-0.25, -0.2) is 0 Å². The van der Waals surface area contributed by atoms with Gasteiger partial charge in [0, 0.05) is 41.0 Å². The molecule has 0 unspecified atom stereocenters. The second-order valence-corrected chi connectivity index (χ2v) is 8.68. The molecule has 34 heavy (non-hydrogen) atoms. The Bertz CT molecular complexity index is 1300. The minimum atomic E-state index is -0.0936. The highest BCUT2D eigenvalue weighted by atomic mass is 35.5. The van der Waals surface area contributed by atoms with Crippen LogP contribution in [0.3, 0.4) is 0 Å². The molecule has 0 radical (unpaired) electrons. The number of aromatic nitrogens is 2. The molecule has 2 aromatic carbocycles. The maximum absolute atomic E-state index is 13.5. The van der Waals surface area contributed by atoms with E-state index in [0.717, 1.165) is 33.4 Å². The normalized spacial score (nSPS) is 11.2. The number of carbonyl (C=O) groups is 2. The van der Waals surface area contributed by atoms with Crippen LogP contribution in [0.4, 0.5) is 0 Å². The number of pyridine rings is 1. The topological polar surface area (TPSA) is 64.4 Å². The fraction of sp³-hybridized carbons (Fsp3) is 0.222. The van der Waals surface area contributed by atoms with Crippen molar-refractivity contribution in [3.8, 4) is 0 Å². The Morgan fingerprint density at radius 1 is 1.12 bits per heavy atom. The third-order valence-corrected chi connectivity index (χ3v) is 6.15. The van der Waals surface area contributed by atoms with E-state index in [1.807, 2.05) is 49.1 Å². The number of carbonyl (C=O) groups excluding carboxylic acids is 2. The minimum Gasteiger partial charge on any atom is -0.452 e. The number of nitrogens with zero attached hydrogens (tertiary/aromatic N) is 3. The Kier molecular flexibility index (Phi) is 7.40. The summed E-state index contributed by atoms with van der Waals surface area (Å²) in [4.78, 5) is 30.7. The predicted molar refractivity (Wildman–Crippen MR) is 133 cm³/mol. The molecule has 0 aliphatic carbocycles. The lowest BCUT2D eigenvalue weighted by atomic mass is 10.1. The van der Waals surface area contributed by atoms with Gasteiger partial charge in [-0.05, 0) is 74.4 Å². The lowest BCUT2D eigenvalue weighted by molar-refractivity contribution is -0.133. The Balaban J connectivity index is 1.66. The van der Waals surface area contributed by atoms with Crippen molar-refractivity contribution in [2.75, 3.05) is 13.3 Å². The van der Waals surface area contributed by atoms with E-state index in [9.17, 15) is 9.59 Å². The van der Waals surface area contributed by atoms with E-state index in [2.05, 4.69) is 11.1 Å². The Morgan fingerprint density at radius 2 is 1.91 bits per heavy atom. The van der Waals surface area contributed by atoms with Crippen LogP contribution < -0.4 is 0 Å². The molecule has 0 atom stereocenters. The van der Waals surface area contributed by atoms with E-state index in [1.165, 1.54) is 0 Å². The van der Waals surface area contributed by atoms with Crippen molar-refractivity contribution in [2.24, 2.45) is 0 Å². The van der Waals surface area contributed by atoms with Crippen molar-refractivity contribution < 1.29 is 14.3 Å². The highest BCUT2D eigenvalue weighted by molar-refractivity contribution is 6.30. The first-order valence-electron chi connectivity index (χ1n) is 11.1. The molecular formula is C27H26ClN3O3. The van der Waals surface area contributed by atoms with E-state index in [1.54, 1.807) is 35.0 Å². The average Bonchev–Trinajstić information content (AvgIpc) is 3.11. The molecule has 0 spiro atoms. The van der Waals surface area contributed by atoms with Gasteiger partial charge >= 0.3 is 0 Å². The highest BCUT2D eigenvalue weighted by Crippen LogP contribution is 2.29. The van der Waals surface area contributed by atoms with Crippen LogP contribution >= 0.6 is 11.6 Å². The summed E-state index contributed by atoms with van der Waals surface area (Å²) < 4.78 is 6.83. The number of hydrogen-bond acceptors (Lipinski definition) is 5. The zero-order chi connectivity index (χ0) is 24.1. The van der Waals surface area contributed by atoms with Crippen molar-refractivity contribution >= 4 is 34.9 Å². The molecule has 2 heterocycles. The second-order valence-electron chi connectivity index (χ2n) is 8.25. The summed E-state index contributed by atoms with van der Waals surface area (Å²) in [6.45, 7) is 5.82. The van der Waals surface area contributed by atoms with Crippen molar-refractivity contribution in [3.05, 3.63) is 100.0 Å². The van der Waals surface area contributed by atoms with E-state index in [-0.39, 0.29) is 12.6 Å². The quantitative estimate of drug-likeness (QED) is 0.247. The van der Waals surface area contributed by atoms with Crippen LogP contribution in [0, 0.1) is 13.8 Å². The molecule has 4 rings (SSSR count). The molecule has 0 saturated heterocycles. The molecule has 0 bridgehead atoms. The van der Waals surface area contributed by atoms with E-state index in [0.29, 0.717) is 36.6 Å². The molecule has 2 aromatic heterocycles. The number of halogens is 1. The third-order valence-electron chi connectivity index (χ3n) is 5.90. The van der Waals surface area contributed by atoms with Crippen molar-refractivity contribution in [1.82, 2.24) is 14.5 Å². The van der Waals surface area contributed by atoms with Gasteiger partial charge in [0.1, 0.15) is 6.73 Å². The first-order valence-corrected chi connectivity index (χ1v) is 11.4. The molecule has 174 valence electrons. The molecule has 0 aliphatic rings. The third kappa shape index (κ3) is 5.19. The molecule has 4 aromatic rings. The minimum absolute atomic E-state index is 0.0936. The standard InChI is InChI=1S/C27H26ClN3O3/c1-19-6-11-26-25(15-19)24(20(2)31(26)27(33)21-7-9-22(28)10-8-21)12-14-30(17-34-18-32)16-23-5-3-4-13-29-23/h3-11,13,15,18H,12,14,16-17H2,1-2H3. The molecular weight excluding hydrogens is 450 g/mol. The summed E-state index contributed by atoms with van der Waals surface area (Å²) in [5.41, 5.74) is 5.46. The van der Waals surface area contributed by atoms with Gasteiger partial charge in [-0.2, -0.15) is 0 Å². The van der Waals surface area contributed by atoms with Crippen LogP contribution in [0.5, 0.6) is 0 Å². The van der Waals surface area contributed by atoms with Crippen molar-refractivity contribution in [3.63, 3.8) is 0 Å². The predicted octanol–water partition coefficient (Wildman–Crippen LogP) is 5.17. The number of fused-ring (bicyclic) bond motifs is 1. The maximum atomic E-state index is 13.5. The average molecular weight is 476 g/mol. The Morgan fingerprint density at radius 3 is 2.62 bits per heavy atom. The summed E-state index contributed by atoms with van der Waals surface area (Å²) in [6.07, 6.45) is 2.43. The van der Waals surface area contributed by atoms with Crippen LogP contribution in [0.1, 0.15) is 32.9 Å². The summed E-state index contributed by atoms with van der Waals surface area (Å²) in [6, 6.07) is 18.8. The smallest absolute Gasteiger partial charge is 0.294 e. The molecule has 0 amide bonds. The van der Waals surface area contributed by atoms with Gasteiger partial charge in [-0.1, -0.05) is 29.3 Å². The Hall–Kier alpha value is -3.48. The van der Waals surface area contributed by atoms with Crippen molar-refractivity contribution in [2.45, 2.75) is 26.8 Å². The molecule has 0 fully saturated rings. The molecule has 0 N–H and O–H groups in total. The summed E-state index contributed by atoms with van der Waals surface area (Å²) in [5, 5.41) is 1.64. The van der Waals surface area contributed by atoms with Crippen LogP contribution in [0.2, 0.25) is 5.02 Å². The first-order chi connectivity index (χ1) is 16.5. The number of ether oxygens (including phenoxy) is 1. The molecule has 6 nitrogen and oxygen atoms in total. The van der Waals surface area contributed by atoms with Gasteiger partial charge < -0.3 is 4.74 Å². The monoisotopic (exact) mass is 475 g/mol. The largest absolute Gasteiger partial charge is 0.452 e. The number of aryl methyl sites for hydroxylation is 1. The SMILES string of the molecule is Cc1ccc2c(c1)c(CCN(COC=O)Cc1ccccn1)c(C)n2C(=O)c1ccc(Cl)cc1. The fourth-order valence-electron chi connectivity index (χ4n) is 4.21. The maximum Gasteiger partial charge on any atom is 0.294 e. The van der Waals surface area contributed by atoms with Crippen LogP contribution in [0.25, 0.3) is 10.9 Å². The van der Waals surface area contributed by atoms with Gasteiger partial charge in [-0.3, -0.25) is 24.0 Å². The zero-order valence-corrected chi connectivity index (χ0v) is 20.0. The first kappa shape index (κ1) is 23.7. The lowest BCUT2D eigenvalue weighted by Gasteiger charge is -2.20. The summed E-state index contributed by atoms with van der Waals surface area (Å²) in [7, 11) is 0. The van der Waals surface area contributed by atoms with Crippen LogP contribution in [-0.4, -0.2) is 40.1 Å². The number of rotatable bonds is 9. The molecule has 0 saturated carbocycles. The number of benzene rings is 2. The lowest BCUT2D eigenvalue weighted by Crippen LogP contribution is -2.28. The van der Waals surface area contributed by atoms with Gasteiger partial charge in [0.2, 0.25) is 0 Å². The Labute approximate surface area is 203 Å². The summed E-state index contributed by atoms with van der Waals surface area (Å²) >= 11 is 6.02. The second kappa shape index (κ2) is 10.6. The van der Waals surface area contributed by atoms with E-state index in [4.69, 9.17) is 16.3 Å². The van der Waals surface area contributed by atoms with Crippen LogP contribution in [-0.2, 0) is 22.5 Å². The van der Waals surface area contributed by atoms with E-state index < -0.39 is 0 Å². The fourth-order valence-corrected chi connectivity index (χ4v) is 4.34. The van der Waals surface area contributed by atoms with Gasteiger partial charge in [0.05, 0.1) is 11.2 Å². The van der Waals surface area contributed by atoms with Gasteiger partial charge in [0.25, 0.3) is 12.4 Å². The zero-order valence-electron chi connectivity index (χ0n) is 19.2. The van der Waals surface area contributed by atoms with Crippen molar-refractivity contribution in [1.29, 1.82) is 0 Å². The van der Waals surface area contributed by atoms with E-state index >= 15 is 0 Å². The molecule has 7 heteroatoms. The molecule has 0 aliphatic heterocycles. The highest BCUT2D eigenvalue weighted by Gasteiger charge is 2.21. The van der Waals surface area contributed by atoms with Crippen LogP contribution in [0.15, 0.2) is 66.9 Å². The summed E-state index contributed by atoms with van der Waals surface area (Å²) in [5.74, 6) is -0.0936. The number of hydrogen-bond donors (Lipinski definition) is 0. The van der Waals surface area contributed by atoms with Gasteiger partial charge in [-0.15, -0.1) is 0 Å².